The molecule has 1 saturated carbocycles. The molecule has 0 saturated heterocycles. The second kappa shape index (κ2) is 4.83. The lowest BCUT2D eigenvalue weighted by atomic mass is 10.2. The van der Waals surface area contributed by atoms with E-state index < -0.39 is 12.1 Å². The van der Waals surface area contributed by atoms with Gasteiger partial charge in [0.05, 0.1) is 7.11 Å². The van der Waals surface area contributed by atoms with E-state index in [1.165, 1.54) is 13.2 Å². The summed E-state index contributed by atoms with van der Waals surface area (Å²) in [5.74, 6) is 2.16. The van der Waals surface area contributed by atoms with E-state index >= 15 is 0 Å². The van der Waals surface area contributed by atoms with Gasteiger partial charge in [0.2, 0.25) is 5.76 Å². The van der Waals surface area contributed by atoms with Gasteiger partial charge in [-0.05, 0) is 36.6 Å². The van der Waals surface area contributed by atoms with Crippen LogP contribution in [0.2, 0.25) is 0 Å². The molecule has 2 aromatic heterocycles. The molecule has 5 heteroatoms. The second-order valence-corrected chi connectivity index (χ2v) is 5.16. The maximum atomic E-state index is 11.3. The van der Waals surface area contributed by atoms with E-state index in [1.807, 2.05) is 6.07 Å². The van der Waals surface area contributed by atoms with Gasteiger partial charge < -0.3 is 18.7 Å². The second-order valence-electron chi connectivity index (χ2n) is 5.16. The van der Waals surface area contributed by atoms with Crippen molar-refractivity contribution >= 4 is 5.97 Å². The Hall–Kier alpha value is -2.01. The average molecular weight is 276 g/mol. The van der Waals surface area contributed by atoms with E-state index in [1.54, 1.807) is 12.1 Å². The highest BCUT2D eigenvalue weighted by molar-refractivity contribution is 5.86. The zero-order valence-electron chi connectivity index (χ0n) is 11.3. The first kappa shape index (κ1) is 13.0. The highest BCUT2D eigenvalue weighted by Gasteiger charge is 2.37. The Labute approximate surface area is 116 Å². The Morgan fingerprint density at radius 2 is 1.95 bits per heavy atom. The van der Waals surface area contributed by atoms with E-state index in [0.29, 0.717) is 17.6 Å². The molecule has 5 nitrogen and oxygen atoms in total. The van der Waals surface area contributed by atoms with Gasteiger partial charge in [-0.3, -0.25) is 0 Å². The van der Waals surface area contributed by atoms with Crippen LogP contribution in [0.1, 0.15) is 53.2 Å². The predicted octanol–water partition coefficient (Wildman–Crippen LogP) is 2.86. The number of hydrogen-bond acceptors (Lipinski definition) is 5. The van der Waals surface area contributed by atoms with E-state index in [2.05, 4.69) is 11.7 Å². The van der Waals surface area contributed by atoms with Crippen molar-refractivity contribution in [3.63, 3.8) is 0 Å². The molecule has 20 heavy (non-hydrogen) atoms. The monoisotopic (exact) mass is 276 g/mol. The third-order valence-corrected chi connectivity index (χ3v) is 3.67. The SMILES string of the molecule is COC(=O)c1ccc(C(O)c2ccc(C3CC3C)o2)o1. The third kappa shape index (κ3) is 2.25. The lowest BCUT2D eigenvalue weighted by Crippen LogP contribution is -1.99. The third-order valence-electron chi connectivity index (χ3n) is 3.67. The molecular formula is C15H16O5. The van der Waals surface area contributed by atoms with Crippen molar-refractivity contribution in [2.45, 2.75) is 25.4 Å². The number of furan rings is 2. The molecule has 2 heterocycles. The molecular weight excluding hydrogens is 260 g/mol. The number of methoxy groups -OCH3 is 1. The molecule has 1 aliphatic rings. The molecule has 0 spiro atoms. The molecule has 0 aromatic carbocycles. The summed E-state index contributed by atoms with van der Waals surface area (Å²) in [6.45, 7) is 2.17. The van der Waals surface area contributed by atoms with Gasteiger partial charge in [0, 0.05) is 5.92 Å². The van der Waals surface area contributed by atoms with Crippen molar-refractivity contribution in [3.05, 3.63) is 47.3 Å². The smallest absolute Gasteiger partial charge is 0.373 e. The summed E-state index contributed by atoms with van der Waals surface area (Å²) >= 11 is 0. The molecule has 3 rings (SSSR count). The van der Waals surface area contributed by atoms with Crippen LogP contribution in [-0.2, 0) is 4.74 Å². The summed E-state index contributed by atoms with van der Waals surface area (Å²) in [4.78, 5) is 11.3. The largest absolute Gasteiger partial charge is 0.463 e. The minimum Gasteiger partial charge on any atom is -0.463 e. The topological polar surface area (TPSA) is 72.8 Å². The van der Waals surface area contributed by atoms with Crippen LogP contribution in [0.3, 0.4) is 0 Å². The number of aliphatic hydroxyl groups is 1. The average Bonchev–Trinajstić information content (AvgIpc) is 2.94. The number of carbonyl (C=O) groups is 1. The van der Waals surface area contributed by atoms with Crippen molar-refractivity contribution in [2.75, 3.05) is 7.11 Å². The molecule has 1 aliphatic carbocycles. The zero-order valence-corrected chi connectivity index (χ0v) is 11.3. The maximum Gasteiger partial charge on any atom is 0.373 e. The van der Waals surface area contributed by atoms with Crippen LogP contribution in [0.5, 0.6) is 0 Å². The fraction of sp³-hybridized carbons (Fsp3) is 0.400. The molecule has 0 bridgehead atoms. The molecule has 1 fully saturated rings. The summed E-state index contributed by atoms with van der Waals surface area (Å²) in [6, 6.07) is 6.64. The van der Waals surface area contributed by atoms with Gasteiger partial charge in [0.15, 0.2) is 6.10 Å². The van der Waals surface area contributed by atoms with E-state index in [4.69, 9.17) is 8.83 Å². The van der Waals surface area contributed by atoms with Gasteiger partial charge in [0.1, 0.15) is 17.3 Å². The molecule has 0 aliphatic heterocycles. The van der Waals surface area contributed by atoms with Crippen molar-refractivity contribution in [3.8, 4) is 0 Å². The first-order chi connectivity index (χ1) is 9.60. The Morgan fingerprint density at radius 1 is 1.30 bits per heavy atom. The van der Waals surface area contributed by atoms with Gasteiger partial charge in [-0.1, -0.05) is 6.92 Å². The number of ether oxygens (including phenoxy) is 1. The minimum atomic E-state index is -1.02. The molecule has 3 unspecified atom stereocenters. The van der Waals surface area contributed by atoms with Crippen LogP contribution in [0.25, 0.3) is 0 Å². The van der Waals surface area contributed by atoms with Gasteiger partial charge in [-0.15, -0.1) is 0 Å². The Bertz CT molecular complexity index is 624. The van der Waals surface area contributed by atoms with Crippen LogP contribution in [0, 0.1) is 5.92 Å². The Kier molecular flexibility index (Phi) is 3.14. The van der Waals surface area contributed by atoms with Gasteiger partial charge in [0.25, 0.3) is 0 Å². The van der Waals surface area contributed by atoms with Crippen LogP contribution in [0.15, 0.2) is 33.1 Å². The lowest BCUT2D eigenvalue weighted by Gasteiger charge is -2.04. The van der Waals surface area contributed by atoms with Gasteiger partial charge in [-0.25, -0.2) is 4.79 Å². The van der Waals surface area contributed by atoms with Crippen molar-refractivity contribution in [2.24, 2.45) is 5.92 Å². The van der Waals surface area contributed by atoms with E-state index in [0.717, 1.165) is 12.2 Å². The van der Waals surface area contributed by atoms with Crippen LogP contribution in [-0.4, -0.2) is 18.2 Å². The minimum absolute atomic E-state index is 0.0594. The fourth-order valence-electron chi connectivity index (χ4n) is 2.28. The van der Waals surface area contributed by atoms with E-state index in [9.17, 15) is 9.90 Å². The number of aliphatic hydroxyl groups excluding tert-OH is 1. The normalized spacial score (nSPS) is 22.6. The molecule has 1 N–H and O–H groups in total. The number of rotatable bonds is 4. The van der Waals surface area contributed by atoms with E-state index in [-0.39, 0.29) is 11.5 Å². The number of hydrogen-bond donors (Lipinski definition) is 1. The molecule has 2 aromatic rings. The highest BCUT2D eigenvalue weighted by atomic mass is 16.5. The molecule has 106 valence electrons. The molecule has 3 atom stereocenters. The lowest BCUT2D eigenvalue weighted by molar-refractivity contribution is 0.0556. The quantitative estimate of drug-likeness (QED) is 0.869. The summed E-state index contributed by atoms with van der Waals surface area (Å²) in [7, 11) is 1.27. The first-order valence-corrected chi connectivity index (χ1v) is 6.56. The standard InChI is InChI=1S/C15H16O5/c1-8-7-9(8)10-3-4-11(19-10)14(16)12-5-6-13(20-12)15(17)18-2/h3-6,8-9,14,16H,7H2,1-2H3. The molecule has 0 amide bonds. The highest BCUT2D eigenvalue weighted by Crippen LogP contribution is 2.47. The zero-order chi connectivity index (χ0) is 14.3. The van der Waals surface area contributed by atoms with Crippen LogP contribution >= 0.6 is 0 Å². The maximum absolute atomic E-state index is 11.3. The van der Waals surface area contributed by atoms with Crippen LogP contribution < -0.4 is 0 Å². The summed E-state index contributed by atoms with van der Waals surface area (Å²) in [5.41, 5.74) is 0. The summed E-state index contributed by atoms with van der Waals surface area (Å²) in [5, 5.41) is 10.2. The summed E-state index contributed by atoms with van der Waals surface area (Å²) in [6.07, 6.45) is 0.104. The Balaban J connectivity index is 1.78. The summed E-state index contributed by atoms with van der Waals surface area (Å²) < 4.78 is 15.5. The van der Waals surface area contributed by atoms with Crippen molar-refractivity contribution in [1.29, 1.82) is 0 Å². The fourth-order valence-corrected chi connectivity index (χ4v) is 2.28. The van der Waals surface area contributed by atoms with Crippen molar-refractivity contribution < 1.29 is 23.5 Å². The Morgan fingerprint density at radius 3 is 2.60 bits per heavy atom. The predicted molar refractivity (Wildman–Crippen MR) is 69.3 cm³/mol. The van der Waals surface area contributed by atoms with Crippen LogP contribution in [0.4, 0.5) is 0 Å². The number of carbonyl (C=O) groups excluding carboxylic acids is 1. The first-order valence-electron chi connectivity index (χ1n) is 6.56. The van der Waals surface area contributed by atoms with Gasteiger partial charge >= 0.3 is 5.97 Å². The molecule has 0 radical (unpaired) electrons. The number of esters is 1. The van der Waals surface area contributed by atoms with Crippen molar-refractivity contribution in [1.82, 2.24) is 0 Å². The van der Waals surface area contributed by atoms with Gasteiger partial charge in [-0.2, -0.15) is 0 Å².